The smallest absolute Gasteiger partial charge is 0.407 e. The zero-order valence-corrected chi connectivity index (χ0v) is 26.0. The van der Waals surface area contributed by atoms with E-state index in [0.29, 0.717) is 35.9 Å². The van der Waals surface area contributed by atoms with Gasteiger partial charge in [-0.25, -0.2) is 9.59 Å². The Bertz CT molecular complexity index is 1820. The van der Waals surface area contributed by atoms with Crippen molar-refractivity contribution < 1.29 is 9.53 Å². The maximum absolute atomic E-state index is 14.2. The van der Waals surface area contributed by atoms with Crippen molar-refractivity contribution in [3.63, 3.8) is 0 Å². The molecule has 0 saturated carbocycles. The van der Waals surface area contributed by atoms with E-state index in [1.165, 1.54) is 9.13 Å². The Kier molecular flexibility index (Phi) is 8.18. The van der Waals surface area contributed by atoms with Crippen LogP contribution in [0.15, 0.2) is 46.0 Å². The fourth-order valence-electron chi connectivity index (χ4n) is 5.53. The predicted molar refractivity (Wildman–Crippen MR) is 170 cm³/mol. The number of ether oxygens (including phenoxy) is 1. The summed E-state index contributed by atoms with van der Waals surface area (Å²) in [6, 6.07) is 9.67. The van der Waals surface area contributed by atoms with Gasteiger partial charge in [0.25, 0.3) is 5.56 Å². The molecule has 1 aromatic carbocycles. The van der Waals surface area contributed by atoms with E-state index in [1.807, 2.05) is 70.3 Å². The maximum atomic E-state index is 14.2. The molecule has 1 amide bonds. The standard InChI is InChI=1S/C32H41N7O4/c1-20(2)14-16-38-26-27(35-29(38)37-15-10-12-23(18-37)34-30(41)43-32(4,5)6)36(7)31(42)39(28(26)40)19-25-24-13-9-8-11-22(24)17-21(3)33-25/h8-9,11,13-14,16-17,20,23H,10,12,15,18-19H2,1-7H3,(H,34,41)/t23-/m1/s1. The summed E-state index contributed by atoms with van der Waals surface area (Å²) in [5.74, 6) is 0.762. The fraction of sp³-hybridized carbons (Fsp3) is 0.469. The summed E-state index contributed by atoms with van der Waals surface area (Å²) in [4.78, 5) is 51.9. The number of hydrogen-bond acceptors (Lipinski definition) is 7. The number of allylic oxidation sites excluding steroid dienone is 1. The molecule has 11 nitrogen and oxygen atoms in total. The Morgan fingerprint density at radius 2 is 1.93 bits per heavy atom. The van der Waals surface area contributed by atoms with Gasteiger partial charge in [-0.2, -0.15) is 4.98 Å². The number of carbonyl (C=O) groups is 1. The number of imidazole rings is 1. The van der Waals surface area contributed by atoms with Gasteiger partial charge in [-0.3, -0.25) is 23.5 Å². The Balaban J connectivity index is 1.60. The maximum Gasteiger partial charge on any atom is 0.407 e. The Labute approximate surface area is 250 Å². The van der Waals surface area contributed by atoms with Gasteiger partial charge in [-0.15, -0.1) is 0 Å². The number of nitrogens with one attached hydrogen (secondary N) is 1. The number of aromatic nitrogens is 5. The number of piperidine rings is 1. The molecule has 4 aromatic rings. The average molecular weight is 588 g/mol. The largest absolute Gasteiger partial charge is 0.444 e. The van der Waals surface area contributed by atoms with E-state index in [2.05, 4.69) is 24.1 Å². The molecule has 1 atom stereocenters. The topological polar surface area (TPSA) is 116 Å². The van der Waals surface area contributed by atoms with Gasteiger partial charge in [0.2, 0.25) is 5.95 Å². The Morgan fingerprint density at radius 1 is 1.19 bits per heavy atom. The van der Waals surface area contributed by atoms with Crippen LogP contribution < -0.4 is 21.5 Å². The van der Waals surface area contributed by atoms with Crippen LogP contribution in [0.25, 0.3) is 28.1 Å². The minimum absolute atomic E-state index is 0.0314. The number of amides is 1. The number of benzene rings is 1. The lowest BCUT2D eigenvalue weighted by Crippen LogP contribution is -2.49. The highest BCUT2D eigenvalue weighted by molar-refractivity contribution is 5.85. The molecule has 1 N–H and O–H groups in total. The normalized spacial score (nSPS) is 16.1. The first-order valence-electron chi connectivity index (χ1n) is 14.8. The van der Waals surface area contributed by atoms with Crippen LogP contribution in [0.4, 0.5) is 10.7 Å². The highest BCUT2D eigenvalue weighted by Gasteiger charge is 2.29. The van der Waals surface area contributed by atoms with E-state index < -0.39 is 22.9 Å². The van der Waals surface area contributed by atoms with Crippen molar-refractivity contribution in [2.45, 2.75) is 72.6 Å². The minimum atomic E-state index is -0.598. The predicted octanol–water partition coefficient (Wildman–Crippen LogP) is 4.42. The molecule has 0 unspecified atom stereocenters. The van der Waals surface area contributed by atoms with Crippen LogP contribution >= 0.6 is 0 Å². The number of pyridine rings is 1. The molecule has 11 heteroatoms. The van der Waals surface area contributed by atoms with Crippen molar-refractivity contribution >= 4 is 40.2 Å². The van der Waals surface area contributed by atoms with E-state index in [1.54, 1.807) is 11.6 Å². The van der Waals surface area contributed by atoms with Crippen LogP contribution in [0.3, 0.4) is 0 Å². The average Bonchev–Trinajstić information content (AvgIpc) is 3.32. The van der Waals surface area contributed by atoms with Crippen LogP contribution in [0, 0.1) is 12.8 Å². The van der Waals surface area contributed by atoms with Gasteiger partial charge in [0, 0.05) is 43.5 Å². The van der Waals surface area contributed by atoms with Gasteiger partial charge >= 0.3 is 11.8 Å². The van der Waals surface area contributed by atoms with Gasteiger partial charge in [0.1, 0.15) is 5.60 Å². The number of fused-ring (bicyclic) bond motifs is 2. The number of nitrogens with zero attached hydrogens (tertiary/aromatic N) is 6. The van der Waals surface area contributed by atoms with Crippen molar-refractivity contribution in [2.24, 2.45) is 13.0 Å². The van der Waals surface area contributed by atoms with Gasteiger partial charge in [0.15, 0.2) is 11.2 Å². The molecule has 1 saturated heterocycles. The lowest BCUT2D eigenvalue weighted by molar-refractivity contribution is 0.0500. The van der Waals surface area contributed by atoms with Gasteiger partial charge in [-0.05, 0) is 57.9 Å². The van der Waals surface area contributed by atoms with Crippen molar-refractivity contribution in [1.82, 2.24) is 29.0 Å². The second-order valence-corrected chi connectivity index (χ2v) is 12.6. The van der Waals surface area contributed by atoms with E-state index >= 15 is 0 Å². The molecule has 0 aliphatic carbocycles. The molecule has 1 aliphatic rings. The number of carbonyl (C=O) groups excluding carboxylic acids is 1. The van der Waals surface area contributed by atoms with Crippen LogP contribution in [-0.4, -0.2) is 54.5 Å². The number of anilines is 1. The summed E-state index contributed by atoms with van der Waals surface area (Å²) in [6.07, 6.45) is 5.00. The summed E-state index contributed by atoms with van der Waals surface area (Å²) in [5.41, 5.74) is 0.595. The zero-order chi connectivity index (χ0) is 31.1. The number of aryl methyl sites for hydroxylation is 2. The first-order chi connectivity index (χ1) is 20.3. The summed E-state index contributed by atoms with van der Waals surface area (Å²) < 4.78 is 9.92. The molecular formula is C32H41N7O4. The molecule has 228 valence electrons. The summed E-state index contributed by atoms with van der Waals surface area (Å²) in [7, 11) is 1.64. The molecular weight excluding hydrogens is 546 g/mol. The summed E-state index contributed by atoms with van der Waals surface area (Å²) in [6.45, 7) is 12.7. The molecule has 0 spiro atoms. The van der Waals surface area contributed by atoms with E-state index in [0.717, 1.165) is 29.3 Å². The van der Waals surface area contributed by atoms with E-state index in [-0.39, 0.29) is 18.5 Å². The Hall–Kier alpha value is -4.41. The molecule has 0 radical (unpaired) electrons. The second kappa shape index (κ2) is 11.7. The number of hydrogen-bond donors (Lipinski definition) is 1. The molecule has 4 heterocycles. The molecule has 0 bridgehead atoms. The highest BCUT2D eigenvalue weighted by Crippen LogP contribution is 2.25. The third kappa shape index (κ3) is 6.35. The van der Waals surface area contributed by atoms with Gasteiger partial charge in [0.05, 0.1) is 12.2 Å². The summed E-state index contributed by atoms with van der Waals surface area (Å²) in [5, 5.41) is 4.88. The summed E-state index contributed by atoms with van der Waals surface area (Å²) >= 11 is 0. The quantitative estimate of drug-likeness (QED) is 0.355. The van der Waals surface area contributed by atoms with Crippen LogP contribution in [-0.2, 0) is 18.3 Å². The number of rotatable bonds is 6. The third-order valence-corrected chi connectivity index (χ3v) is 7.46. The monoisotopic (exact) mass is 587 g/mol. The lowest BCUT2D eigenvalue weighted by atomic mass is 10.1. The van der Waals surface area contributed by atoms with E-state index in [4.69, 9.17) is 14.7 Å². The lowest BCUT2D eigenvalue weighted by Gasteiger charge is -2.34. The SMILES string of the molecule is Cc1cc2ccccc2c(Cn2c(=O)c3c(nc(N4CCC[C@@H](NC(=O)OC(C)(C)C)C4)n3C=CC(C)C)n(C)c2=O)n1. The van der Waals surface area contributed by atoms with E-state index in [9.17, 15) is 14.4 Å². The molecule has 43 heavy (non-hydrogen) atoms. The fourth-order valence-corrected chi connectivity index (χ4v) is 5.53. The van der Waals surface area contributed by atoms with Crippen LogP contribution in [0.5, 0.6) is 0 Å². The second-order valence-electron chi connectivity index (χ2n) is 12.6. The van der Waals surface area contributed by atoms with Crippen LogP contribution in [0.2, 0.25) is 0 Å². The minimum Gasteiger partial charge on any atom is -0.444 e. The molecule has 5 rings (SSSR count). The third-order valence-electron chi connectivity index (χ3n) is 7.46. The first kappa shape index (κ1) is 30.1. The van der Waals surface area contributed by atoms with Gasteiger partial charge < -0.3 is 15.0 Å². The van der Waals surface area contributed by atoms with Crippen molar-refractivity contribution in [2.75, 3.05) is 18.0 Å². The highest BCUT2D eigenvalue weighted by atomic mass is 16.6. The van der Waals surface area contributed by atoms with Crippen molar-refractivity contribution in [3.05, 3.63) is 68.6 Å². The van der Waals surface area contributed by atoms with Gasteiger partial charge in [-0.1, -0.05) is 44.2 Å². The van der Waals surface area contributed by atoms with Crippen LogP contribution in [0.1, 0.15) is 58.8 Å². The Morgan fingerprint density at radius 3 is 2.65 bits per heavy atom. The molecule has 3 aromatic heterocycles. The zero-order valence-electron chi connectivity index (χ0n) is 26.0. The molecule has 1 aliphatic heterocycles. The number of alkyl carbamates (subject to hydrolysis) is 1. The van der Waals surface area contributed by atoms with Crippen molar-refractivity contribution in [3.8, 4) is 0 Å². The first-order valence-corrected chi connectivity index (χ1v) is 14.8. The molecule has 1 fully saturated rings. The van der Waals surface area contributed by atoms with Crippen molar-refractivity contribution in [1.29, 1.82) is 0 Å².